The van der Waals surface area contributed by atoms with E-state index in [0.717, 1.165) is 11.1 Å². The Morgan fingerprint density at radius 2 is 1.75 bits per heavy atom. The number of nitrogens with zero attached hydrogens (tertiary/aromatic N) is 3. The van der Waals surface area contributed by atoms with Gasteiger partial charge in [0.15, 0.2) is 5.78 Å². The molecule has 1 aromatic heterocycles. The van der Waals surface area contributed by atoms with E-state index in [2.05, 4.69) is 31.1 Å². The minimum Gasteiger partial charge on any atom is -0.497 e. The zero-order valence-corrected chi connectivity index (χ0v) is 26.2. The number of benzene rings is 2. The number of amides is 2. The van der Waals surface area contributed by atoms with Crippen molar-refractivity contribution in [3.8, 4) is 5.75 Å². The Balaban J connectivity index is 1.37. The molecule has 0 aliphatic carbocycles. The van der Waals surface area contributed by atoms with E-state index < -0.39 is 40.0 Å². The molecule has 11 heteroatoms. The van der Waals surface area contributed by atoms with Crippen molar-refractivity contribution in [2.75, 3.05) is 20.2 Å². The van der Waals surface area contributed by atoms with Gasteiger partial charge in [-0.3, -0.25) is 19.4 Å². The van der Waals surface area contributed by atoms with Crippen LogP contribution >= 0.6 is 0 Å². The summed E-state index contributed by atoms with van der Waals surface area (Å²) in [7, 11) is -2.28. The SMILES string of the molecule is COc1ccc(CC(NC(=O)c2ccc(C(C)(C)C)cc2)C(=O)N2CCC3C2C(=O)CN3S(=O)(=O)Cc2cccnc2)cc1. The summed E-state index contributed by atoms with van der Waals surface area (Å²) in [5.41, 5.74) is 2.72. The van der Waals surface area contributed by atoms with Crippen LogP contribution in [0, 0.1) is 0 Å². The van der Waals surface area contributed by atoms with Gasteiger partial charge in [-0.1, -0.05) is 51.1 Å². The number of pyridine rings is 1. The van der Waals surface area contributed by atoms with Crippen LogP contribution < -0.4 is 10.1 Å². The Morgan fingerprint density at radius 1 is 1.05 bits per heavy atom. The second-order valence-corrected chi connectivity index (χ2v) is 14.3. The van der Waals surface area contributed by atoms with Gasteiger partial charge in [0.05, 0.1) is 25.4 Å². The average Bonchev–Trinajstić information content (AvgIpc) is 3.58. The topological polar surface area (TPSA) is 126 Å². The number of methoxy groups -OCH3 is 1. The molecule has 2 amide bonds. The number of hydrogen-bond acceptors (Lipinski definition) is 7. The quantitative estimate of drug-likeness (QED) is 0.391. The van der Waals surface area contributed by atoms with Gasteiger partial charge in [0.2, 0.25) is 15.9 Å². The van der Waals surface area contributed by atoms with E-state index in [0.29, 0.717) is 23.3 Å². The highest BCUT2D eigenvalue weighted by atomic mass is 32.2. The van der Waals surface area contributed by atoms with E-state index in [1.807, 2.05) is 24.3 Å². The van der Waals surface area contributed by atoms with Gasteiger partial charge in [0.1, 0.15) is 17.8 Å². The summed E-state index contributed by atoms with van der Waals surface area (Å²) >= 11 is 0. The largest absolute Gasteiger partial charge is 0.497 e. The minimum absolute atomic E-state index is 0.0820. The van der Waals surface area contributed by atoms with E-state index in [1.54, 1.807) is 49.7 Å². The van der Waals surface area contributed by atoms with Crippen LogP contribution in [0.3, 0.4) is 0 Å². The van der Waals surface area contributed by atoms with Crippen molar-refractivity contribution in [3.63, 3.8) is 0 Å². The fourth-order valence-electron chi connectivity index (χ4n) is 5.92. The van der Waals surface area contributed by atoms with Crippen LogP contribution in [0.2, 0.25) is 0 Å². The Kier molecular flexibility index (Phi) is 8.90. The van der Waals surface area contributed by atoms with Crippen LogP contribution in [0.15, 0.2) is 73.1 Å². The monoisotopic (exact) mass is 618 g/mol. The molecule has 3 heterocycles. The zero-order chi connectivity index (χ0) is 31.6. The summed E-state index contributed by atoms with van der Waals surface area (Å²) in [6.45, 7) is 6.17. The van der Waals surface area contributed by atoms with Gasteiger partial charge in [0.25, 0.3) is 5.91 Å². The fourth-order valence-corrected chi connectivity index (χ4v) is 7.63. The normalized spacial score (nSPS) is 19.5. The zero-order valence-electron chi connectivity index (χ0n) is 25.4. The maximum atomic E-state index is 14.1. The van der Waals surface area contributed by atoms with Crippen molar-refractivity contribution in [1.29, 1.82) is 0 Å². The van der Waals surface area contributed by atoms with Gasteiger partial charge in [-0.25, -0.2) is 8.42 Å². The number of nitrogens with one attached hydrogen (secondary N) is 1. The highest BCUT2D eigenvalue weighted by molar-refractivity contribution is 7.88. The lowest BCUT2D eigenvalue weighted by atomic mass is 9.86. The second-order valence-electron chi connectivity index (χ2n) is 12.4. The van der Waals surface area contributed by atoms with Crippen LogP contribution in [0.1, 0.15) is 54.2 Å². The first-order chi connectivity index (χ1) is 20.9. The Hall–Kier alpha value is -4.09. The number of rotatable bonds is 9. The number of fused-ring (bicyclic) bond motifs is 1. The number of ketones is 1. The molecule has 0 bridgehead atoms. The Labute approximate surface area is 258 Å². The van der Waals surface area contributed by atoms with Crippen molar-refractivity contribution < 1.29 is 27.5 Å². The van der Waals surface area contributed by atoms with Crippen molar-refractivity contribution in [2.24, 2.45) is 0 Å². The standard InChI is InChI=1S/C33H38N4O6S/c1-33(2,3)25-11-9-24(10-12-25)31(39)35-27(18-22-7-13-26(43-4)14-8-22)32(40)36-17-15-28-30(36)29(38)20-37(28)44(41,42)21-23-6-5-16-34-19-23/h5-14,16,19,27-28,30H,15,17-18,20-21H2,1-4H3,(H,35,39). The van der Waals surface area contributed by atoms with Crippen molar-refractivity contribution in [3.05, 3.63) is 95.3 Å². The van der Waals surface area contributed by atoms with Crippen LogP contribution in [-0.4, -0.2) is 78.5 Å². The van der Waals surface area contributed by atoms with Gasteiger partial charge < -0.3 is 15.0 Å². The van der Waals surface area contributed by atoms with E-state index >= 15 is 0 Å². The number of carbonyl (C=O) groups excluding carboxylic acids is 3. The molecule has 2 fully saturated rings. The van der Waals surface area contributed by atoms with Crippen LogP contribution in [0.4, 0.5) is 0 Å². The predicted octanol–water partition coefficient (Wildman–Crippen LogP) is 3.11. The molecular formula is C33H38N4O6S. The lowest BCUT2D eigenvalue weighted by Gasteiger charge is -2.28. The van der Waals surface area contributed by atoms with Crippen LogP contribution in [-0.2, 0) is 37.2 Å². The number of carbonyl (C=O) groups is 3. The van der Waals surface area contributed by atoms with E-state index in [4.69, 9.17) is 4.74 Å². The molecule has 10 nitrogen and oxygen atoms in total. The van der Waals surface area contributed by atoms with Crippen molar-refractivity contribution in [2.45, 2.75) is 62.9 Å². The molecule has 2 saturated heterocycles. The first kappa shape index (κ1) is 31.3. The molecule has 2 aliphatic rings. The molecule has 0 radical (unpaired) electrons. The minimum atomic E-state index is -3.84. The maximum absolute atomic E-state index is 14.1. The summed E-state index contributed by atoms with van der Waals surface area (Å²) < 4.78 is 33.2. The lowest BCUT2D eigenvalue weighted by Crippen LogP contribution is -2.53. The van der Waals surface area contributed by atoms with Gasteiger partial charge in [-0.05, 0) is 58.9 Å². The third-order valence-corrected chi connectivity index (χ3v) is 10.1. The molecule has 3 aromatic rings. The predicted molar refractivity (Wildman–Crippen MR) is 166 cm³/mol. The average molecular weight is 619 g/mol. The van der Waals surface area contributed by atoms with E-state index in [9.17, 15) is 22.8 Å². The summed E-state index contributed by atoms with van der Waals surface area (Å²) in [5.74, 6) is -0.788. The third kappa shape index (κ3) is 6.68. The van der Waals surface area contributed by atoms with E-state index in [1.165, 1.54) is 15.4 Å². The number of sulfonamides is 1. The first-order valence-corrected chi connectivity index (χ1v) is 16.2. The third-order valence-electron chi connectivity index (χ3n) is 8.31. The number of ether oxygens (including phenoxy) is 1. The number of Topliss-reactive ketones (excluding diaryl/α,β-unsaturated/α-hetero) is 1. The Morgan fingerprint density at radius 3 is 2.36 bits per heavy atom. The smallest absolute Gasteiger partial charge is 0.251 e. The van der Waals surface area contributed by atoms with Gasteiger partial charge in [-0.2, -0.15) is 4.31 Å². The summed E-state index contributed by atoms with van der Waals surface area (Å²) in [5, 5.41) is 2.90. The molecule has 5 rings (SSSR count). The number of likely N-dealkylation sites (tertiary alicyclic amines) is 1. The first-order valence-electron chi connectivity index (χ1n) is 14.6. The number of hydrogen-bond donors (Lipinski definition) is 1. The fraction of sp³-hybridized carbons (Fsp3) is 0.394. The van der Waals surface area contributed by atoms with Gasteiger partial charge >= 0.3 is 0 Å². The molecule has 2 aromatic carbocycles. The molecule has 232 valence electrons. The molecular weight excluding hydrogens is 580 g/mol. The molecule has 3 atom stereocenters. The van der Waals surface area contributed by atoms with Crippen molar-refractivity contribution >= 4 is 27.6 Å². The molecule has 2 aliphatic heterocycles. The molecule has 0 saturated carbocycles. The van der Waals surface area contributed by atoms with Gasteiger partial charge in [-0.15, -0.1) is 0 Å². The summed E-state index contributed by atoms with van der Waals surface area (Å²) in [4.78, 5) is 46.2. The molecule has 44 heavy (non-hydrogen) atoms. The maximum Gasteiger partial charge on any atom is 0.251 e. The van der Waals surface area contributed by atoms with Crippen molar-refractivity contribution in [1.82, 2.24) is 19.5 Å². The summed E-state index contributed by atoms with van der Waals surface area (Å²) in [6.07, 6.45) is 3.56. The van der Waals surface area contributed by atoms with Gasteiger partial charge in [0, 0.05) is 30.9 Å². The molecule has 1 N–H and O–H groups in total. The summed E-state index contributed by atoms with van der Waals surface area (Å²) in [6, 6.07) is 15.3. The van der Waals surface area contributed by atoms with Crippen LogP contribution in [0.25, 0.3) is 0 Å². The Bertz CT molecular complexity index is 1620. The molecule has 0 spiro atoms. The highest BCUT2D eigenvalue weighted by Crippen LogP contribution is 2.33. The van der Waals surface area contributed by atoms with E-state index in [-0.39, 0.29) is 36.5 Å². The number of aromatic nitrogens is 1. The molecule has 3 unspecified atom stereocenters. The lowest BCUT2D eigenvalue weighted by molar-refractivity contribution is -0.138. The second kappa shape index (κ2) is 12.5. The highest BCUT2D eigenvalue weighted by Gasteiger charge is 2.54. The van der Waals surface area contributed by atoms with Crippen LogP contribution in [0.5, 0.6) is 5.75 Å².